The fourth-order valence-electron chi connectivity index (χ4n) is 0.982. The summed E-state index contributed by atoms with van der Waals surface area (Å²) in [6, 6.07) is 2.66. The lowest BCUT2D eigenvalue weighted by Crippen LogP contribution is -2.28. The number of hydrogen-bond donors (Lipinski definition) is 1. The van der Waals surface area contributed by atoms with Crippen molar-refractivity contribution in [1.29, 1.82) is 0 Å². The van der Waals surface area contributed by atoms with Crippen molar-refractivity contribution in [2.45, 2.75) is 18.8 Å². The first-order chi connectivity index (χ1) is 7.99. The molecule has 1 rings (SSSR count). The van der Waals surface area contributed by atoms with Gasteiger partial charge < -0.3 is 10.1 Å². The van der Waals surface area contributed by atoms with Gasteiger partial charge in [0.2, 0.25) is 5.88 Å². The van der Waals surface area contributed by atoms with Crippen LogP contribution in [0, 0.1) is 0 Å². The van der Waals surface area contributed by atoms with E-state index in [9.17, 15) is 18.0 Å². The Labute approximate surface area is 99.7 Å². The first kappa shape index (κ1) is 13.6. The lowest BCUT2D eigenvalue weighted by atomic mass is 10.2. The zero-order valence-electron chi connectivity index (χ0n) is 8.37. The van der Waals surface area contributed by atoms with Crippen LogP contribution in [0.15, 0.2) is 18.3 Å². The third-order valence-electron chi connectivity index (χ3n) is 1.67. The minimum absolute atomic E-state index is 0.0614. The molecule has 0 spiro atoms. The Bertz CT molecular complexity index is 390. The number of rotatable bonds is 5. The van der Waals surface area contributed by atoms with Crippen molar-refractivity contribution in [3.8, 4) is 5.88 Å². The summed E-state index contributed by atoms with van der Waals surface area (Å²) in [5.74, 6) is -1.28. The summed E-state index contributed by atoms with van der Waals surface area (Å²) in [4.78, 5) is 14.3. The second-order valence-electron chi connectivity index (χ2n) is 2.90. The summed E-state index contributed by atoms with van der Waals surface area (Å²) < 4.78 is 40.1. The molecule has 0 radical (unpaired) electrons. The fraction of sp³-hybridized carbons (Fsp3) is 0.333. The Kier molecular flexibility index (Phi) is 5.02. The Hall–Kier alpha value is -1.50. The molecule has 0 aromatic carbocycles. The van der Waals surface area contributed by atoms with Gasteiger partial charge >= 0.3 is 6.61 Å². The maximum Gasteiger partial charge on any atom is 0.388 e. The number of halogens is 4. The van der Waals surface area contributed by atoms with E-state index in [1.807, 2.05) is 0 Å². The highest BCUT2D eigenvalue weighted by Gasteiger charge is 2.12. The van der Waals surface area contributed by atoms with E-state index in [-0.39, 0.29) is 12.4 Å². The molecule has 1 aromatic heterocycles. The molecule has 94 valence electrons. The summed E-state index contributed by atoms with van der Waals surface area (Å²) in [5.41, 5.74) is -1.71. The van der Waals surface area contributed by atoms with Gasteiger partial charge in [0.1, 0.15) is 0 Å². The summed E-state index contributed by atoms with van der Waals surface area (Å²) >= 11 is 4.88. The molecule has 0 saturated heterocycles. The van der Waals surface area contributed by atoms with Gasteiger partial charge in [-0.1, -0.05) is 11.6 Å². The van der Waals surface area contributed by atoms with E-state index in [1.54, 1.807) is 0 Å². The summed E-state index contributed by atoms with van der Waals surface area (Å²) in [6.45, 7) is -3.04. The van der Waals surface area contributed by atoms with Crippen LogP contribution in [0.3, 0.4) is 0 Å². The van der Waals surface area contributed by atoms with E-state index in [0.717, 1.165) is 0 Å². The second kappa shape index (κ2) is 6.29. The molecule has 0 aliphatic carbocycles. The van der Waals surface area contributed by atoms with E-state index in [2.05, 4.69) is 15.0 Å². The summed E-state index contributed by atoms with van der Waals surface area (Å²) in [6.07, 6.45) is 1.23. The van der Waals surface area contributed by atoms with Crippen molar-refractivity contribution in [3.63, 3.8) is 0 Å². The number of carbonyl (C=O) groups excluding carboxylic acids is 1. The van der Waals surface area contributed by atoms with Crippen molar-refractivity contribution in [3.05, 3.63) is 23.9 Å². The average Bonchev–Trinajstić information content (AvgIpc) is 2.25. The minimum atomic E-state index is -2.98. The normalized spacial score (nSPS) is 12.3. The van der Waals surface area contributed by atoms with Crippen LogP contribution < -0.4 is 10.1 Å². The molecule has 8 heteroatoms. The molecule has 1 unspecified atom stereocenters. The molecule has 1 heterocycles. The maximum absolute atomic E-state index is 12.3. The zero-order chi connectivity index (χ0) is 12.8. The molecule has 0 bridgehead atoms. The first-order valence-electron chi connectivity index (χ1n) is 4.44. The van der Waals surface area contributed by atoms with Crippen LogP contribution in [0.5, 0.6) is 5.88 Å². The van der Waals surface area contributed by atoms with E-state index in [1.165, 1.54) is 18.3 Å². The lowest BCUT2D eigenvalue weighted by Gasteiger charge is -2.07. The SMILES string of the molecule is O=C(NCc1ccnc(OC(F)F)c1)C(F)Cl. The largest absolute Gasteiger partial charge is 0.417 e. The number of amides is 1. The Morgan fingerprint density at radius 3 is 2.82 bits per heavy atom. The van der Waals surface area contributed by atoms with Gasteiger partial charge in [-0.3, -0.25) is 4.79 Å². The van der Waals surface area contributed by atoms with Crippen LogP contribution >= 0.6 is 11.6 Å². The summed E-state index contributed by atoms with van der Waals surface area (Å²) in [5, 5.41) is 2.16. The van der Waals surface area contributed by atoms with Crippen LogP contribution in [0.25, 0.3) is 0 Å². The quantitative estimate of drug-likeness (QED) is 0.829. The van der Waals surface area contributed by atoms with Gasteiger partial charge in [-0.15, -0.1) is 0 Å². The van der Waals surface area contributed by atoms with Gasteiger partial charge in [0.25, 0.3) is 11.5 Å². The van der Waals surface area contributed by atoms with E-state index < -0.39 is 18.1 Å². The monoisotopic (exact) mass is 268 g/mol. The van der Waals surface area contributed by atoms with Crippen molar-refractivity contribution >= 4 is 17.5 Å². The predicted molar refractivity (Wildman–Crippen MR) is 53.5 cm³/mol. The second-order valence-corrected chi connectivity index (χ2v) is 3.28. The fourth-order valence-corrected chi connectivity index (χ4v) is 1.06. The van der Waals surface area contributed by atoms with Gasteiger partial charge in [-0.2, -0.15) is 8.78 Å². The highest BCUT2D eigenvalue weighted by molar-refractivity contribution is 6.29. The number of nitrogens with one attached hydrogen (secondary N) is 1. The number of aromatic nitrogens is 1. The highest BCUT2D eigenvalue weighted by atomic mass is 35.5. The number of hydrogen-bond acceptors (Lipinski definition) is 3. The Morgan fingerprint density at radius 1 is 1.53 bits per heavy atom. The molecule has 1 atom stereocenters. The standard InChI is InChI=1S/C9H8ClF3N2O2/c10-7(11)8(16)15-4-5-1-2-14-6(3-5)17-9(12)13/h1-3,7,9H,4H2,(H,15,16). The molecule has 0 fully saturated rings. The van der Waals surface area contributed by atoms with Gasteiger partial charge in [0.15, 0.2) is 0 Å². The van der Waals surface area contributed by atoms with Gasteiger partial charge in [0.05, 0.1) is 0 Å². The predicted octanol–water partition coefficient (Wildman–Crippen LogP) is 1.83. The van der Waals surface area contributed by atoms with Crippen molar-refractivity contribution in [1.82, 2.24) is 10.3 Å². The molecule has 0 aliphatic heterocycles. The molecular weight excluding hydrogens is 261 g/mol. The summed E-state index contributed by atoms with van der Waals surface area (Å²) in [7, 11) is 0. The van der Waals surface area contributed by atoms with Crippen LogP contribution in [0.4, 0.5) is 13.2 Å². The smallest absolute Gasteiger partial charge is 0.388 e. The first-order valence-corrected chi connectivity index (χ1v) is 4.88. The van der Waals surface area contributed by atoms with Gasteiger partial charge in [-0.25, -0.2) is 9.37 Å². The maximum atomic E-state index is 12.3. The third kappa shape index (κ3) is 4.90. The Morgan fingerprint density at radius 2 is 2.24 bits per heavy atom. The lowest BCUT2D eigenvalue weighted by molar-refractivity contribution is -0.123. The number of nitrogens with zero attached hydrogens (tertiary/aromatic N) is 1. The number of alkyl halides is 4. The number of pyridine rings is 1. The highest BCUT2D eigenvalue weighted by Crippen LogP contribution is 2.12. The molecule has 1 aromatic rings. The molecule has 17 heavy (non-hydrogen) atoms. The molecule has 1 N–H and O–H groups in total. The number of carbonyl (C=O) groups is 1. The van der Waals surface area contributed by atoms with E-state index >= 15 is 0 Å². The van der Waals surface area contributed by atoms with E-state index in [0.29, 0.717) is 5.56 Å². The topological polar surface area (TPSA) is 51.2 Å². The molecule has 0 aliphatic rings. The zero-order valence-corrected chi connectivity index (χ0v) is 9.13. The molecule has 0 saturated carbocycles. The van der Waals surface area contributed by atoms with Crippen LogP contribution in [-0.2, 0) is 11.3 Å². The van der Waals surface area contributed by atoms with Crippen LogP contribution in [-0.4, -0.2) is 23.1 Å². The minimum Gasteiger partial charge on any atom is -0.417 e. The van der Waals surface area contributed by atoms with Crippen molar-refractivity contribution in [2.75, 3.05) is 0 Å². The average molecular weight is 269 g/mol. The van der Waals surface area contributed by atoms with Crippen LogP contribution in [0.2, 0.25) is 0 Å². The van der Waals surface area contributed by atoms with E-state index in [4.69, 9.17) is 11.6 Å². The molecule has 4 nitrogen and oxygen atoms in total. The van der Waals surface area contributed by atoms with Gasteiger partial charge in [-0.05, 0) is 11.6 Å². The van der Waals surface area contributed by atoms with Crippen molar-refractivity contribution in [2.24, 2.45) is 0 Å². The third-order valence-corrected chi connectivity index (χ3v) is 1.87. The van der Waals surface area contributed by atoms with Crippen LogP contribution in [0.1, 0.15) is 5.56 Å². The Balaban J connectivity index is 2.57. The number of ether oxygens (including phenoxy) is 1. The molecule has 1 amide bonds. The van der Waals surface area contributed by atoms with Gasteiger partial charge in [0, 0.05) is 18.8 Å². The van der Waals surface area contributed by atoms with Crippen molar-refractivity contribution < 1.29 is 22.7 Å². The molecular formula is C9H8ClF3N2O2.